The van der Waals surface area contributed by atoms with E-state index in [1.807, 2.05) is 11.0 Å². The van der Waals surface area contributed by atoms with Crippen LogP contribution in [0.4, 0.5) is 5.69 Å². The molecule has 6 nitrogen and oxygen atoms in total. The molecule has 0 spiro atoms. The second-order valence-corrected chi connectivity index (χ2v) is 6.36. The Bertz CT molecular complexity index is 728. The molecule has 2 rings (SSSR count). The third-order valence-electron chi connectivity index (χ3n) is 3.71. The van der Waals surface area contributed by atoms with E-state index in [9.17, 15) is 9.59 Å². The first-order valence-electron chi connectivity index (χ1n) is 7.89. The van der Waals surface area contributed by atoms with Gasteiger partial charge in [-0.15, -0.1) is 0 Å². The molecule has 1 aromatic rings. The van der Waals surface area contributed by atoms with Gasteiger partial charge >= 0.3 is 0 Å². The van der Waals surface area contributed by atoms with E-state index in [0.29, 0.717) is 35.2 Å². The Kier molecular flexibility index (Phi) is 7.11. The van der Waals surface area contributed by atoms with E-state index in [2.05, 4.69) is 10.6 Å². The van der Waals surface area contributed by atoms with Crippen molar-refractivity contribution < 1.29 is 9.59 Å². The van der Waals surface area contributed by atoms with E-state index in [1.165, 1.54) is 12.3 Å². The fourth-order valence-corrected chi connectivity index (χ4v) is 2.71. The summed E-state index contributed by atoms with van der Waals surface area (Å²) in [7, 11) is 0. The lowest BCUT2D eigenvalue weighted by molar-refractivity contribution is -0.127. The van der Waals surface area contributed by atoms with Crippen LogP contribution in [-0.2, 0) is 9.59 Å². The zero-order valence-corrected chi connectivity index (χ0v) is 15.0. The molecule has 0 unspecified atom stereocenters. The largest absolute Gasteiger partial charge is 0.390 e. The van der Waals surface area contributed by atoms with Crippen molar-refractivity contribution in [2.45, 2.75) is 19.3 Å². The van der Waals surface area contributed by atoms with Gasteiger partial charge in [-0.05, 0) is 31.0 Å². The quantitative estimate of drug-likeness (QED) is 0.432. The molecule has 1 fully saturated rings. The predicted molar refractivity (Wildman–Crippen MR) is 97.2 cm³/mol. The standard InChI is InChI=1S/C17H18Cl2N4O2/c18-14-5-4-13(9-15(14)19)22-17(25)12(10-20)11-21-6-2-8-23-7-1-3-16(23)24/h4-5,9,11,21H,1-3,6-8H2,(H,22,25)/b12-11-. The smallest absolute Gasteiger partial charge is 0.267 e. The van der Waals surface area contributed by atoms with Gasteiger partial charge in [0, 0.05) is 37.9 Å². The van der Waals surface area contributed by atoms with Gasteiger partial charge in [0.2, 0.25) is 5.91 Å². The van der Waals surface area contributed by atoms with Crippen molar-refractivity contribution in [3.63, 3.8) is 0 Å². The van der Waals surface area contributed by atoms with Crippen molar-refractivity contribution >= 4 is 40.7 Å². The summed E-state index contributed by atoms with van der Waals surface area (Å²) < 4.78 is 0. The van der Waals surface area contributed by atoms with Gasteiger partial charge in [0.25, 0.3) is 5.91 Å². The van der Waals surface area contributed by atoms with E-state index >= 15 is 0 Å². The monoisotopic (exact) mass is 380 g/mol. The van der Waals surface area contributed by atoms with Crippen LogP contribution in [0.5, 0.6) is 0 Å². The molecule has 132 valence electrons. The number of benzene rings is 1. The number of nitriles is 1. The Morgan fingerprint density at radius 1 is 1.36 bits per heavy atom. The maximum Gasteiger partial charge on any atom is 0.267 e. The van der Waals surface area contributed by atoms with Crippen LogP contribution in [-0.4, -0.2) is 36.3 Å². The first-order valence-corrected chi connectivity index (χ1v) is 8.64. The molecule has 1 aromatic carbocycles. The maximum absolute atomic E-state index is 12.1. The van der Waals surface area contributed by atoms with Crippen molar-refractivity contribution in [3.05, 3.63) is 40.0 Å². The molecule has 0 saturated carbocycles. The Labute approximate surface area is 156 Å². The number of carbonyl (C=O) groups is 2. The van der Waals surface area contributed by atoms with E-state index in [4.69, 9.17) is 28.5 Å². The summed E-state index contributed by atoms with van der Waals surface area (Å²) in [5.41, 5.74) is 0.399. The number of rotatable bonds is 7. The molecule has 1 saturated heterocycles. The number of likely N-dealkylation sites (tertiary alicyclic amines) is 1. The van der Waals surface area contributed by atoms with Crippen LogP contribution in [0, 0.1) is 11.3 Å². The molecular weight excluding hydrogens is 363 g/mol. The highest BCUT2D eigenvalue weighted by atomic mass is 35.5. The average molecular weight is 381 g/mol. The number of anilines is 1. The SMILES string of the molecule is N#C/C(=C/NCCCN1CCCC1=O)C(=O)Nc1ccc(Cl)c(Cl)c1. The van der Waals surface area contributed by atoms with Crippen molar-refractivity contribution in [2.24, 2.45) is 0 Å². The predicted octanol–water partition coefficient (Wildman–Crippen LogP) is 2.94. The van der Waals surface area contributed by atoms with Crippen LogP contribution in [0.1, 0.15) is 19.3 Å². The maximum atomic E-state index is 12.1. The number of amides is 2. The van der Waals surface area contributed by atoms with Gasteiger partial charge in [-0.25, -0.2) is 0 Å². The summed E-state index contributed by atoms with van der Waals surface area (Å²) in [4.78, 5) is 25.4. The third-order valence-corrected chi connectivity index (χ3v) is 4.45. The van der Waals surface area contributed by atoms with Gasteiger partial charge in [0.15, 0.2) is 0 Å². The lowest BCUT2D eigenvalue weighted by atomic mass is 10.2. The number of nitrogens with one attached hydrogen (secondary N) is 2. The number of hydrogen-bond donors (Lipinski definition) is 2. The molecule has 25 heavy (non-hydrogen) atoms. The van der Waals surface area contributed by atoms with Gasteiger partial charge in [-0.1, -0.05) is 23.2 Å². The molecule has 1 aliphatic heterocycles. The number of halogens is 2. The van der Waals surface area contributed by atoms with E-state index in [-0.39, 0.29) is 11.5 Å². The lowest BCUT2D eigenvalue weighted by Gasteiger charge is -2.14. The zero-order chi connectivity index (χ0) is 18.2. The number of hydrogen-bond acceptors (Lipinski definition) is 4. The van der Waals surface area contributed by atoms with Crippen molar-refractivity contribution in [3.8, 4) is 6.07 Å². The van der Waals surface area contributed by atoms with Gasteiger partial charge in [0.1, 0.15) is 11.6 Å². The minimum atomic E-state index is -0.539. The number of carbonyl (C=O) groups excluding carboxylic acids is 2. The first kappa shape index (κ1) is 19.1. The molecule has 2 N–H and O–H groups in total. The van der Waals surface area contributed by atoms with E-state index in [1.54, 1.807) is 12.1 Å². The van der Waals surface area contributed by atoms with Crippen LogP contribution in [0.3, 0.4) is 0 Å². The first-order chi connectivity index (χ1) is 12.0. The topological polar surface area (TPSA) is 85.2 Å². The molecule has 1 aliphatic rings. The highest BCUT2D eigenvalue weighted by Crippen LogP contribution is 2.25. The lowest BCUT2D eigenvalue weighted by Crippen LogP contribution is -2.27. The van der Waals surface area contributed by atoms with Crippen LogP contribution in [0.15, 0.2) is 30.0 Å². The fourth-order valence-electron chi connectivity index (χ4n) is 2.41. The summed E-state index contributed by atoms with van der Waals surface area (Å²) in [6, 6.07) is 6.52. The highest BCUT2D eigenvalue weighted by Gasteiger charge is 2.18. The molecule has 0 radical (unpaired) electrons. The summed E-state index contributed by atoms with van der Waals surface area (Å²) in [6.45, 7) is 2.05. The van der Waals surface area contributed by atoms with Crippen LogP contribution in [0.25, 0.3) is 0 Å². The second-order valence-electron chi connectivity index (χ2n) is 5.54. The minimum Gasteiger partial charge on any atom is -0.390 e. The fraction of sp³-hybridized carbons (Fsp3) is 0.353. The van der Waals surface area contributed by atoms with Crippen LogP contribution in [0.2, 0.25) is 10.0 Å². The normalized spacial score (nSPS) is 14.4. The van der Waals surface area contributed by atoms with Crippen LogP contribution < -0.4 is 10.6 Å². The molecule has 0 aliphatic carbocycles. The van der Waals surface area contributed by atoms with Gasteiger partial charge in [-0.3, -0.25) is 9.59 Å². The highest BCUT2D eigenvalue weighted by molar-refractivity contribution is 6.42. The molecule has 2 amide bonds. The number of nitrogens with zero attached hydrogens (tertiary/aromatic N) is 2. The molecule has 0 atom stereocenters. The molecule has 8 heteroatoms. The Morgan fingerprint density at radius 3 is 2.80 bits per heavy atom. The Morgan fingerprint density at radius 2 is 2.16 bits per heavy atom. The van der Waals surface area contributed by atoms with Gasteiger partial charge in [-0.2, -0.15) is 5.26 Å². The van der Waals surface area contributed by atoms with Gasteiger partial charge < -0.3 is 15.5 Å². The Balaban J connectivity index is 1.80. The van der Waals surface area contributed by atoms with E-state index < -0.39 is 5.91 Å². The summed E-state index contributed by atoms with van der Waals surface area (Å²) >= 11 is 11.7. The minimum absolute atomic E-state index is 0.0525. The summed E-state index contributed by atoms with van der Waals surface area (Å²) in [6.07, 6.45) is 3.66. The van der Waals surface area contributed by atoms with E-state index in [0.717, 1.165) is 19.4 Å². The molecule has 0 bridgehead atoms. The van der Waals surface area contributed by atoms with Crippen LogP contribution >= 0.6 is 23.2 Å². The second kappa shape index (κ2) is 9.30. The van der Waals surface area contributed by atoms with Gasteiger partial charge in [0.05, 0.1) is 10.0 Å². The summed E-state index contributed by atoms with van der Waals surface area (Å²) in [5, 5.41) is 15.3. The molecule has 0 aromatic heterocycles. The van der Waals surface area contributed by atoms with Crippen molar-refractivity contribution in [1.29, 1.82) is 5.26 Å². The average Bonchev–Trinajstić information content (AvgIpc) is 2.99. The molecular formula is C17H18Cl2N4O2. The third kappa shape index (κ3) is 5.66. The Hall–Kier alpha value is -2.23. The summed E-state index contributed by atoms with van der Waals surface area (Å²) in [5.74, 6) is -0.350. The molecule has 1 heterocycles. The zero-order valence-electron chi connectivity index (χ0n) is 13.5. The van der Waals surface area contributed by atoms with Crippen molar-refractivity contribution in [2.75, 3.05) is 25.0 Å². The van der Waals surface area contributed by atoms with Crippen molar-refractivity contribution in [1.82, 2.24) is 10.2 Å².